The van der Waals surface area contributed by atoms with Crippen molar-refractivity contribution < 1.29 is 31.9 Å². The molecule has 4 bridgehead atoms. The van der Waals surface area contributed by atoms with Crippen LogP contribution in [0.5, 0.6) is 0 Å². The number of aromatic nitrogens is 2. The Labute approximate surface area is 145 Å². The first-order valence-electron chi connectivity index (χ1n) is 8.52. The van der Waals surface area contributed by atoms with Gasteiger partial charge in [-0.2, -0.15) is 27.1 Å². The fourth-order valence-corrected chi connectivity index (χ4v) is 5.29. The number of H-pyrrole nitrogens is 1. The van der Waals surface area contributed by atoms with E-state index < -0.39 is 34.9 Å². The summed E-state index contributed by atoms with van der Waals surface area (Å²) < 4.78 is 65.1. The number of carbonyl (C=O) groups is 1. The second kappa shape index (κ2) is 5.40. The Bertz CT molecular complexity index is 716. The Hall–Kier alpha value is -1.71. The van der Waals surface area contributed by atoms with Crippen LogP contribution in [0.15, 0.2) is 6.20 Å². The first-order chi connectivity index (χ1) is 12.0. The van der Waals surface area contributed by atoms with E-state index in [4.69, 9.17) is 0 Å². The van der Waals surface area contributed by atoms with E-state index in [9.17, 15) is 31.9 Å². The second-order valence-corrected chi connectivity index (χ2v) is 7.92. The molecule has 10 heteroatoms. The maximum absolute atomic E-state index is 13.6. The number of nitrogens with one attached hydrogen (secondary N) is 2. The van der Waals surface area contributed by atoms with E-state index in [1.165, 1.54) is 0 Å². The summed E-state index contributed by atoms with van der Waals surface area (Å²) in [5.41, 5.74) is -3.09. The van der Waals surface area contributed by atoms with E-state index in [-0.39, 0.29) is 17.9 Å². The van der Waals surface area contributed by atoms with Crippen LogP contribution in [0.3, 0.4) is 0 Å². The second-order valence-electron chi connectivity index (χ2n) is 7.92. The van der Waals surface area contributed by atoms with E-state index in [1.807, 2.05) is 0 Å². The first-order valence-corrected chi connectivity index (χ1v) is 8.52. The third-order valence-corrected chi connectivity index (χ3v) is 6.09. The van der Waals surface area contributed by atoms with Crippen LogP contribution in [-0.4, -0.2) is 39.0 Å². The van der Waals surface area contributed by atoms with Crippen molar-refractivity contribution in [2.45, 2.75) is 55.8 Å². The number of hydrogen-bond acceptors (Lipinski definition) is 3. The highest BCUT2D eigenvalue weighted by Gasteiger charge is 2.61. The molecular weight excluding hydrogens is 361 g/mol. The molecule has 1 aromatic heterocycles. The molecule has 5 rings (SSSR count). The number of aliphatic hydroxyl groups is 1. The molecule has 2 atom stereocenters. The summed E-state index contributed by atoms with van der Waals surface area (Å²) in [5.74, 6) is -5.80. The molecule has 4 aliphatic rings. The van der Waals surface area contributed by atoms with Gasteiger partial charge < -0.3 is 10.4 Å². The van der Waals surface area contributed by atoms with Gasteiger partial charge in [-0.15, -0.1) is 0 Å². The zero-order chi connectivity index (χ0) is 18.9. The van der Waals surface area contributed by atoms with Gasteiger partial charge in [-0.3, -0.25) is 9.89 Å². The van der Waals surface area contributed by atoms with Crippen molar-refractivity contribution in [1.82, 2.24) is 15.5 Å². The highest BCUT2D eigenvalue weighted by Crippen LogP contribution is 2.55. The smallest absolute Gasteiger partial charge is 0.390 e. The number of alkyl halides is 5. The average Bonchev–Trinajstić information content (AvgIpc) is 2.98. The van der Waals surface area contributed by atoms with Crippen molar-refractivity contribution in [1.29, 1.82) is 0 Å². The van der Waals surface area contributed by atoms with Gasteiger partial charge in [0.25, 0.3) is 5.91 Å². The molecule has 0 saturated heterocycles. The van der Waals surface area contributed by atoms with Crippen LogP contribution in [0, 0.1) is 17.8 Å². The molecule has 0 radical (unpaired) electrons. The summed E-state index contributed by atoms with van der Waals surface area (Å²) in [6.07, 6.45) is -1.73. The van der Waals surface area contributed by atoms with Crippen molar-refractivity contribution in [3.63, 3.8) is 0 Å². The fraction of sp³-hybridized carbons (Fsp3) is 0.750. The molecule has 4 fully saturated rings. The van der Waals surface area contributed by atoms with Gasteiger partial charge in [0.2, 0.25) is 0 Å². The third-order valence-electron chi connectivity index (χ3n) is 6.09. The highest BCUT2D eigenvalue weighted by molar-refractivity contribution is 5.95. The minimum atomic E-state index is -5.83. The molecule has 1 amide bonds. The Morgan fingerprint density at radius 2 is 1.81 bits per heavy atom. The number of rotatable bonds is 3. The Morgan fingerprint density at radius 1 is 1.19 bits per heavy atom. The van der Waals surface area contributed by atoms with Gasteiger partial charge in [0.15, 0.2) is 0 Å². The van der Waals surface area contributed by atoms with Crippen molar-refractivity contribution >= 4 is 5.91 Å². The van der Waals surface area contributed by atoms with Crippen molar-refractivity contribution in [2.24, 2.45) is 17.8 Å². The standard InChI is InChI=1S/C16H18F5N3O2/c17-15(18,16(19,20)21)12-10(6-22-24-12)13(25)23-11-8-1-7-2-9(11)5-14(26,3-7)4-8/h6-9,11,26H,1-5H2,(H,22,24)(H,23,25). The lowest BCUT2D eigenvalue weighted by atomic mass is 9.52. The largest absolute Gasteiger partial charge is 0.459 e. The molecule has 3 N–H and O–H groups in total. The quantitative estimate of drug-likeness (QED) is 0.707. The SMILES string of the molecule is O=C(NC1C2CC3CC1CC(O)(C3)C2)c1cn[nH]c1C(F)(F)C(F)(F)F. The van der Waals surface area contributed by atoms with E-state index in [0.717, 1.165) is 19.3 Å². The van der Waals surface area contributed by atoms with E-state index in [2.05, 4.69) is 10.4 Å². The summed E-state index contributed by atoms with van der Waals surface area (Å²) in [5, 5.41) is 18.0. The molecule has 1 aromatic rings. The maximum atomic E-state index is 13.6. The maximum Gasteiger partial charge on any atom is 0.459 e. The molecule has 0 aliphatic heterocycles. The molecule has 4 aliphatic carbocycles. The van der Waals surface area contributed by atoms with Gasteiger partial charge in [-0.1, -0.05) is 0 Å². The van der Waals surface area contributed by atoms with Crippen LogP contribution >= 0.6 is 0 Å². The van der Waals surface area contributed by atoms with E-state index >= 15 is 0 Å². The molecule has 1 heterocycles. The topological polar surface area (TPSA) is 78.0 Å². The van der Waals surface area contributed by atoms with Crippen molar-refractivity contribution in [3.05, 3.63) is 17.5 Å². The summed E-state index contributed by atoms with van der Waals surface area (Å²) in [6, 6.07) is -0.332. The van der Waals surface area contributed by atoms with Gasteiger partial charge in [0, 0.05) is 6.04 Å². The van der Waals surface area contributed by atoms with Gasteiger partial charge in [0.1, 0.15) is 5.69 Å². The monoisotopic (exact) mass is 379 g/mol. The Kier molecular flexibility index (Phi) is 3.67. The normalized spacial score (nSPS) is 36.4. The molecule has 5 nitrogen and oxygen atoms in total. The summed E-state index contributed by atoms with van der Waals surface area (Å²) in [7, 11) is 0. The van der Waals surface area contributed by atoms with Gasteiger partial charge in [0.05, 0.1) is 17.4 Å². The fourth-order valence-electron chi connectivity index (χ4n) is 5.29. The van der Waals surface area contributed by atoms with Gasteiger partial charge in [-0.05, 0) is 49.9 Å². The molecule has 0 aromatic carbocycles. The zero-order valence-corrected chi connectivity index (χ0v) is 13.6. The van der Waals surface area contributed by atoms with Crippen molar-refractivity contribution in [2.75, 3.05) is 0 Å². The average molecular weight is 379 g/mol. The van der Waals surface area contributed by atoms with Crippen LogP contribution < -0.4 is 5.32 Å². The summed E-state index contributed by atoms with van der Waals surface area (Å²) >= 11 is 0. The van der Waals surface area contributed by atoms with Gasteiger partial charge >= 0.3 is 12.1 Å². The van der Waals surface area contributed by atoms with Crippen LogP contribution in [0.25, 0.3) is 0 Å². The van der Waals surface area contributed by atoms with Crippen LogP contribution in [0.2, 0.25) is 0 Å². The molecule has 26 heavy (non-hydrogen) atoms. The summed E-state index contributed by atoms with van der Waals surface area (Å²) in [6.45, 7) is 0. The zero-order valence-electron chi connectivity index (χ0n) is 13.6. The predicted molar refractivity (Wildman–Crippen MR) is 78.3 cm³/mol. The summed E-state index contributed by atoms with van der Waals surface area (Å²) in [4.78, 5) is 12.4. The number of carbonyl (C=O) groups excluding carboxylic acids is 1. The Balaban J connectivity index is 1.55. The predicted octanol–water partition coefficient (Wildman–Crippen LogP) is 2.73. The lowest BCUT2D eigenvalue weighted by Crippen LogP contribution is -2.61. The van der Waals surface area contributed by atoms with Crippen molar-refractivity contribution in [3.8, 4) is 0 Å². The minimum absolute atomic E-state index is 0.00803. The van der Waals surface area contributed by atoms with Crippen LogP contribution in [0.4, 0.5) is 22.0 Å². The lowest BCUT2D eigenvalue weighted by molar-refractivity contribution is -0.291. The lowest BCUT2D eigenvalue weighted by Gasteiger charge is -2.58. The molecule has 144 valence electrons. The van der Waals surface area contributed by atoms with Crippen LogP contribution in [0.1, 0.15) is 48.2 Å². The first kappa shape index (κ1) is 17.7. The van der Waals surface area contributed by atoms with E-state index in [1.54, 1.807) is 5.10 Å². The molecule has 0 spiro atoms. The highest BCUT2D eigenvalue weighted by atomic mass is 19.4. The number of hydrogen-bond donors (Lipinski definition) is 3. The molecular formula is C16H18F5N3O2. The number of halogens is 5. The number of aromatic amines is 1. The number of nitrogens with zero attached hydrogens (tertiary/aromatic N) is 1. The third kappa shape index (κ3) is 2.60. The number of amides is 1. The minimum Gasteiger partial charge on any atom is -0.390 e. The molecule has 2 unspecified atom stereocenters. The van der Waals surface area contributed by atoms with E-state index in [0.29, 0.717) is 25.0 Å². The molecule has 4 saturated carbocycles. The van der Waals surface area contributed by atoms with Gasteiger partial charge in [-0.25, -0.2) is 0 Å². The van der Waals surface area contributed by atoms with Crippen LogP contribution in [-0.2, 0) is 5.92 Å². The Morgan fingerprint density at radius 3 is 2.35 bits per heavy atom.